The van der Waals surface area contributed by atoms with Crippen LogP contribution in [0.25, 0.3) is 10.2 Å². The Morgan fingerprint density at radius 2 is 2.00 bits per heavy atom. The standard InChI is InChI=1S/C17H23N3O5S/c1-6-25-16(23)17(3,4)20-10(7-8-24-5)19-14-11(15(20)22)9(2)12(26-14)13(18)21/h6-8H2,1-5H3,(H2,18,21). The van der Waals surface area contributed by atoms with E-state index >= 15 is 0 Å². The molecule has 8 nitrogen and oxygen atoms in total. The Morgan fingerprint density at radius 1 is 1.35 bits per heavy atom. The number of aryl methyl sites for hydroxylation is 1. The molecule has 0 aliphatic rings. The van der Waals surface area contributed by atoms with Gasteiger partial charge in [0.2, 0.25) is 0 Å². The summed E-state index contributed by atoms with van der Waals surface area (Å²) in [6.45, 7) is 7.08. The topological polar surface area (TPSA) is 114 Å². The first-order valence-corrected chi connectivity index (χ1v) is 8.99. The number of fused-ring (bicyclic) bond motifs is 1. The Hall–Kier alpha value is -2.26. The van der Waals surface area contributed by atoms with Crippen LogP contribution in [0.15, 0.2) is 4.79 Å². The lowest BCUT2D eigenvalue weighted by Gasteiger charge is -2.27. The van der Waals surface area contributed by atoms with E-state index in [9.17, 15) is 14.4 Å². The first kappa shape index (κ1) is 20.1. The van der Waals surface area contributed by atoms with Gasteiger partial charge in [-0.15, -0.1) is 11.3 Å². The number of carbonyl (C=O) groups excluding carboxylic acids is 2. The van der Waals surface area contributed by atoms with Crippen molar-refractivity contribution >= 4 is 33.4 Å². The van der Waals surface area contributed by atoms with E-state index in [1.165, 1.54) is 11.7 Å². The maximum atomic E-state index is 13.3. The van der Waals surface area contributed by atoms with Crippen LogP contribution in [0.3, 0.4) is 0 Å². The summed E-state index contributed by atoms with van der Waals surface area (Å²) in [6.07, 6.45) is 0.327. The van der Waals surface area contributed by atoms with Gasteiger partial charge in [0.05, 0.1) is 23.5 Å². The molecule has 0 aromatic carbocycles. The van der Waals surface area contributed by atoms with E-state index in [1.54, 1.807) is 27.7 Å². The van der Waals surface area contributed by atoms with Crippen molar-refractivity contribution in [1.82, 2.24) is 9.55 Å². The summed E-state index contributed by atoms with van der Waals surface area (Å²) in [5.41, 5.74) is 4.21. The molecule has 0 atom stereocenters. The molecule has 0 fully saturated rings. The Morgan fingerprint density at radius 3 is 2.54 bits per heavy atom. The van der Waals surface area contributed by atoms with Crippen LogP contribution in [-0.2, 0) is 26.2 Å². The zero-order valence-electron chi connectivity index (χ0n) is 15.5. The van der Waals surface area contributed by atoms with E-state index < -0.39 is 23.0 Å². The zero-order valence-corrected chi connectivity index (χ0v) is 16.4. The maximum absolute atomic E-state index is 13.3. The molecule has 0 unspecified atom stereocenters. The van der Waals surface area contributed by atoms with Crippen molar-refractivity contribution in [3.63, 3.8) is 0 Å². The largest absolute Gasteiger partial charge is 0.464 e. The van der Waals surface area contributed by atoms with Crippen LogP contribution in [0.4, 0.5) is 0 Å². The zero-order chi connectivity index (χ0) is 19.6. The first-order valence-electron chi connectivity index (χ1n) is 8.18. The Balaban J connectivity index is 2.83. The molecule has 0 saturated carbocycles. The highest BCUT2D eigenvalue weighted by Gasteiger charge is 2.36. The predicted molar refractivity (Wildman–Crippen MR) is 98.7 cm³/mol. The van der Waals surface area contributed by atoms with Gasteiger partial charge in [0.25, 0.3) is 11.5 Å². The second-order valence-corrected chi connectivity index (χ2v) is 7.29. The summed E-state index contributed by atoms with van der Waals surface area (Å²) in [5, 5.41) is 0.294. The molecule has 0 radical (unpaired) electrons. The number of primary amides is 1. The third-order valence-corrected chi connectivity index (χ3v) is 5.32. The smallest absolute Gasteiger partial charge is 0.331 e. The van der Waals surface area contributed by atoms with Crippen molar-refractivity contribution < 1.29 is 19.1 Å². The predicted octanol–water partition coefficient (Wildman–Crippen LogP) is 1.35. The van der Waals surface area contributed by atoms with Gasteiger partial charge in [-0.1, -0.05) is 0 Å². The summed E-state index contributed by atoms with van der Waals surface area (Å²) in [6, 6.07) is 0. The van der Waals surface area contributed by atoms with Crippen molar-refractivity contribution in [1.29, 1.82) is 0 Å². The quantitative estimate of drug-likeness (QED) is 0.724. The molecule has 2 aromatic heterocycles. The third kappa shape index (κ3) is 3.36. The molecule has 1 amide bonds. The van der Waals surface area contributed by atoms with E-state index in [4.69, 9.17) is 15.2 Å². The lowest BCUT2D eigenvalue weighted by molar-refractivity contribution is -0.152. The van der Waals surface area contributed by atoms with E-state index in [0.29, 0.717) is 34.6 Å². The summed E-state index contributed by atoms with van der Waals surface area (Å²) in [4.78, 5) is 42.6. The van der Waals surface area contributed by atoms with Gasteiger partial charge in [0.15, 0.2) is 0 Å². The monoisotopic (exact) mass is 381 g/mol. The number of hydrogen-bond donors (Lipinski definition) is 1. The Kier molecular flexibility index (Phi) is 5.82. The minimum Gasteiger partial charge on any atom is -0.464 e. The van der Waals surface area contributed by atoms with Gasteiger partial charge in [-0.25, -0.2) is 9.78 Å². The number of methoxy groups -OCH3 is 1. The van der Waals surface area contributed by atoms with Gasteiger partial charge in [-0.3, -0.25) is 14.2 Å². The highest BCUT2D eigenvalue weighted by molar-refractivity contribution is 7.20. The summed E-state index contributed by atoms with van der Waals surface area (Å²) >= 11 is 1.08. The maximum Gasteiger partial charge on any atom is 0.331 e. The molecule has 0 bridgehead atoms. The van der Waals surface area contributed by atoms with Crippen LogP contribution in [0.2, 0.25) is 0 Å². The SMILES string of the molecule is CCOC(=O)C(C)(C)n1c(CCOC)nc2sc(C(N)=O)c(C)c2c1=O. The van der Waals surface area contributed by atoms with Gasteiger partial charge in [-0.05, 0) is 33.3 Å². The molecule has 0 aliphatic carbocycles. The third-order valence-electron chi connectivity index (χ3n) is 4.12. The number of aromatic nitrogens is 2. The summed E-state index contributed by atoms with van der Waals surface area (Å²) < 4.78 is 11.6. The van der Waals surface area contributed by atoms with Crippen LogP contribution in [0, 0.1) is 6.92 Å². The van der Waals surface area contributed by atoms with Crippen LogP contribution in [0.1, 0.15) is 41.8 Å². The number of thiophene rings is 1. The van der Waals surface area contributed by atoms with E-state index in [2.05, 4.69) is 4.98 Å². The van der Waals surface area contributed by atoms with Gasteiger partial charge in [0.1, 0.15) is 16.2 Å². The lowest BCUT2D eigenvalue weighted by Crippen LogP contribution is -2.46. The molecule has 9 heteroatoms. The van der Waals surface area contributed by atoms with E-state index in [0.717, 1.165) is 11.3 Å². The van der Waals surface area contributed by atoms with Crippen molar-refractivity contribution in [2.75, 3.05) is 20.3 Å². The number of nitrogens with two attached hydrogens (primary N) is 1. The van der Waals surface area contributed by atoms with Gasteiger partial charge in [-0.2, -0.15) is 0 Å². The molecule has 2 aromatic rings. The van der Waals surface area contributed by atoms with Crippen LogP contribution >= 0.6 is 11.3 Å². The van der Waals surface area contributed by atoms with E-state index in [1.807, 2.05) is 0 Å². The van der Waals surface area contributed by atoms with Crippen molar-refractivity contribution in [2.45, 2.75) is 39.7 Å². The fraction of sp³-hybridized carbons (Fsp3) is 0.529. The average molecular weight is 381 g/mol. The summed E-state index contributed by atoms with van der Waals surface area (Å²) in [5.74, 6) is -0.760. The van der Waals surface area contributed by atoms with Crippen molar-refractivity contribution in [3.05, 3.63) is 26.6 Å². The van der Waals surface area contributed by atoms with Crippen LogP contribution in [0.5, 0.6) is 0 Å². The Bertz CT molecular complexity index is 913. The molecule has 2 rings (SSSR count). The number of nitrogens with zero attached hydrogens (tertiary/aromatic N) is 2. The van der Waals surface area contributed by atoms with Crippen molar-refractivity contribution in [2.24, 2.45) is 5.73 Å². The highest BCUT2D eigenvalue weighted by Crippen LogP contribution is 2.29. The number of rotatable bonds is 7. The average Bonchev–Trinajstić information content (AvgIpc) is 2.90. The molecule has 2 N–H and O–H groups in total. The molecule has 26 heavy (non-hydrogen) atoms. The van der Waals surface area contributed by atoms with Crippen LogP contribution < -0.4 is 11.3 Å². The fourth-order valence-electron chi connectivity index (χ4n) is 2.80. The number of ether oxygens (including phenoxy) is 2. The molecule has 0 saturated heterocycles. The molecule has 0 spiro atoms. The molecule has 142 valence electrons. The number of hydrogen-bond acceptors (Lipinski definition) is 7. The summed E-state index contributed by atoms with van der Waals surface area (Å²) in [7, 11) is 1.54. The van der Waals surface area contributed by atoms with Gasteiger partial charge in [0, 0.05) is 13.5 Å². The second kappa shape index (κ2) is 7.55. The molecular weight excluding hydrogens is 358 g/mol. The minimum absolute atomic E-state index is 0.198. The lowest BCUT2D eigenvalue weighted by atomic mass is 10.0. The number of carbonyl (C=O) groups is 2. The molecule has 2 heterocycles. The normalized spacial score (nSPS) is 11.7. The highest BCUT2D eigenvalue weighted by atomic mass is 32.1. The first-order chi connectivity index (χ1) is 12.2. The van der Waals surface area contributed by atoms with Gasteiger partial charge >= 0.3 is 5.97 Å². The number of amides is 1. The molecule has 0 aliphatic heterocycles. The van der Waals surface area contributed by atoms with Crippen molar-refractivity contribution in [3.8, 4) is 0 Å². The molecular formula is C17H23N3O5S. The fourth-order valence-corrected chi connectivity index (χ4v) is 3.84. The van der Waals surface area contributed by atoms with Crippen LogP contribution in [-0.4, -0.2) is 41.8 Å². The van der Waals surface area contributed by atoms with Gasteiger partial charge < -0.3 is 15.2 Å². The second-order valence-electron chi connectivity index (χ2n) is 6.29. The number of esters is 1. The Labute approximate surface area is 154 Å². The van der Waals surface area contributed by atoms with E-state index in [-0.39, 0.29) is 11.5 Å². The minimum atomic E-state index is -1.27.